The lowest BCUT2D eigenvalue weighted by Crippen LogP contribution is -2.71. The molecule has 4 amide bonds. The molecule has 17 nitrogen and oxygen atoms in total. The topological polar surface area (TPSA) is 236 Å². The van der Waals surface area contributed by atoms with Gasteiger partial charge in [0.15, 0.2) is 5.13 Å². The third-order valence-corrected chi connectivity index (χ3v) is 7.91. The largest absolute Gasteiger partial charge is 0.543 e. The summed E-state index contributed by atoms with van der Waals surface area (Å²) >= 11 is 2.11. The first kappa shape index (κ1) is 27.8. The van der Waals surface area contributed by atoms with Crippen molar-refractivity contribution in [3.05, 3.63) is 47.7 Å². The van der Waals surface area contributed by atoms with E-state index in [1.54, 1.807) is 39.6 Å². The van der Waals surface area contributed by atoms with Crippen molar-refractivity contribution in [2.45, 2.75) is 18.0 Å². The zero-order valence-corrected chi connectivity index (χ0v) is 22.8. The third kappa shape index (κ3) is 5.36. The first-order valence-corrected chi connectivity index (χ1v) is 13.5. The van der Waals surface area contributed by atoms with E-state index in [-0.39, 0.29) is 41.5 Å². The van der Waals surface area contributed by atoms with E-state index in [1.165, 1.54) is 18.9 Å². The zero-order valence-electron chi connectivity index (χ0n) is 21.2. The molecule has 2 atom stereocenters. The summed E-state index contributed by atoms with van der Waals surface area (Å²) in [5.41, 5.74) is 11.3. The highest BCUT2D eigenvalue weighted by atomic mass is 32.2. The molecule has 0 unspecified atom stereocenters. The Hall–Kier alpha value is -4.75. The number of anilines is 2. The van der Waals surface area contributed by atoms with Gasteiger partial charge in [0.1, 0.15) is 30.4 Å². The van der Waals surface area contributed by atoms with Crippen LogP contribution in [-0.2, 0) is 30.5 Å². The first-order chi connectivity index (χ1) is 19.7. The number of fused-ring (bicyclic) bond motifs is 2. The van der Waals surface area contributed by atoms with E-state index >= 15 is 0 Å². The predicted molar refractivity (Wildman–Crippen MR) is 142 cm³/mol. The van der Waals surface area contributed by atoms with E-state index in [0.717, 1.165) is 16.4 Å². The molecule has 41 heavy (non-hydrogen) atoms. The molecule has 0 aliphatic carbocycles. The Labute approximate surface area is 238 Å². The number of hydrogen-bond acceptors (Lipinski definition) is 13. The Morgan fingerprint density at radius 2 is 2.15 bits per heavy atom. The first-order valence-electron chi connectivity index (χ1n) is 11.7. The number of nitrogens with one attached hydrogen (secondary N) is 2. The molecule has 0 spiro atoms. The van der Waals surface area contributed by atoms with E-state index in [2.05, 4.69) is 25.1 Å². The Bertz CT molecular complexity index is 1620. The van der Waals surface area contributed by atoms with E-state index < -0.39 is 35.2 Å². The fraction of sp³-hybridized carbons (Fsp3) is 0.273. The lowest BCUT2D eigenvalue weighted by Gasteiger charge is -2.50. The monoisotopic (exact) mass is 602 g/mol. The number of aliphatic carboxylic acids is 1. The highest BCUT2D eigenvalue weighted by molar-refractivity contribution is 8.00. The van der Waals surface area contributed by atoms with Crippen LogP contribution in [0.15, 0.2) is 47.0 Å². The number of nitrogen functional groups attached to an aromatic ring is 1. The van der Waals surface area contributed by atoms with E-state index in [9.17, 15) is 24.3 Å². The van der Waals surface area contributed by atoms with Crippen molar-refractivity contribution >= 4 is 69.4 Å². The number of amides is 4. The van der Waals surface area contributed by atoms with Gasteiger partial charge in [-0.05, 0) is 6.07 Å². The fourth-order valence-electron chi connectivity index (χ4n) is 4.35. The SMILES string of the molecule is COCO/N=C(\C(=O)N[C@@H]1C(=O)N2C(C(=O)[O-])=C(C[n+]3ccn4c(NC(N)=O)cccc43)CS[C@H]12)c1nsc(N)n1. The standard InChI is InChI=1S/C22H22N10O7S2/c1-38-9-39-28-13(16-27-22(24)41-29-16)17(33)26-14-18(34)32-15(20(35)36)10(8-40-19(14)32)7-30-5-6-31-11(25-21(23)37)3-2-4-12(30)31/h2-6,14,19H,7-9H2,1H3,(H6,23,24,26,27,29,33,35,36,37)/b28-13-/t14-,19-/m1/s1. The van der Waals surface area contributed by atoms with Crippen LogP contribution in [0.4, 0.5) is 15.7 Å². The molecule has 5 rings (SSSR count). The molecule has 2 aliphatic rings. The quantitative estimate of drug-likeness (QED) is 0.0476. The van der Waals surface area contributed by atoms with Gasteiger partial charge in [-0.1, -0.05) is 5.16 Å². The lowest BCUT2D eigenvalue weighted by atomic mass is 10.0. The van der Waals surface area contributed by atoms with Crippen molar-refractivity contribution in [2.75, 3.05) is 30.7 Å². The number of hydrogen-bond donors (Lipinski definition) is 4. The summed E-state index contributed by atoms with van der Waals surface area (Å²) in [6.07, 6.45) is 3.38. The molecule has 214 valence electrons. The molecule has 1 fully saturated rings. The van der Waals surface area contributed by atoms with Crippen molar-refractivity contribution in [3.63, 3.8) is 0 Å². The van der Waals surface area contributed by atoms with Crippen LogP contribution in [0, 0.1) is 0 Å². The van der Waals surface area contributed by atoms with Crippen LogP contribution in [0.5, 0.6) is 0 Å². The Morgan fingerprint density at radius 1 is 1.34 bits per heavy atom. The van der Waals surface area contributed by atoms with E-state index in [1.807, 2.05) is 0 Å². The minimum Gasteiger partial charge on any atom is -0.543 e. The number of carbonyl (C=O) groups is 4. The number of nitrogens with two attached hydrogens (primary N) is 2. The lowest BCUT2D eigenvalue weighted by molar-refractivity contribution is -0.662. The molecule has 0 radical (unpaired) electrons. The summed E-state index contributed by atoms with van der Waals surface area (Å²) in [5, 5.41) is 20.4. The maximum atomic E-state index is 13.1. The number of methoxy groups -OCH3 is 1. The van der Waals surface area contributed by atoms with Gasteiger partial charge in [0, 0.05) is 42.1 Å². The number of pyridine rings is 1. The number of imidazole rings is 1. The minimum absolute atomic E-state index is 0.0893. The maximum Gasteiger partial charge on any atom is 0.319 e. The smallest absolute Gasteiger partial charge is 0.319 e. The number of carboxylic acids is 1. The Balaban J connectivity index is 1.36. The summed E-state index contributed by atoms with van der Waals surface area (Å²) in [7, 11) is 1.36. The van der Waals surface area contributed by atoms with Crippen LogP contribution in [0.1, 0.15) is 5.82 Å². The number of aromatic nitrogens is 4. The molecule has 1 saturated heterocycles. The van der Waals surface area contributed by atoms with Gasteiger partial charge in [-0.25, -0.2) is 9.36 Å². The van der Waals surface area contributed by atoms with Crippen molar-refractivity contribution in [2.24, 2.45) is 10.9 Å². The molecule has 0 saturated carbocycles. The predicted octanol–water partition coefficient (Wildman–Crippen LogP) is -2.42. The molecule has 0 aromatic carbocycles. The molecule has 6 N–H and O–H groups in total. The number of nitrogens with zero attached hydrogens (tertiary/aromatic N) is 6. The molecule has 0 bridgehead atoms. The van der Waals surface area contributed by atoms with Gasteiger partial charge in [-0.2, -0.15) is 13.8 Å². The third-order valence-electron chi connectivity index (χ3n) is 6.03. The van der Waals surface area contributed by atoms with Gasteiger partial charge in [-0.3, -0.25) is 19.8 Å². The van der Waals surface area contributed by atoms with Crippen molar-refractivity contribution in [3.8, 4) is 0 Å². The van der Waals surface area contributed by atoms with Crippen LogP contribution >= 0.6 is 23.3 Å². The number of carboxylic acid groups (broad SMARTS) is 1. The maximum absolute atomic E-state index is 13.1. The zero-order chi connectivity index (χ0) is 29.3. The second-order valence-corrected chi connectivity index (χ2v) is 10.5. The molecule has 3 aromatic rings. The van der Waals surface area contributed by atoms with Gasteiger partial charge in [0.2, 0.25) is 24.1 Å². The number of primary amides is 1. The van der Waals surface area contributed by atoms with E-state index in [4.69, 9.17) is 21.0 Å². The van der Waals surface area contributed by atoms with Crippen molar-refractivity contribution in [1.29, 1.82) is 0 Å². The van der Waals surface area contributed by atoms with Gasteiger partial charge in [0.25, 0.3) is 17.5 Å². The number of urea groups is 1. The van der Waals surface area contributed by atoms with Gasteiger partial charge in [-0.15, -0.1) is 11.8 Å². The van der Waals surface area contributed by atoms with Crippen LogP contribution in [0.3, 0.4) is 0 Å². The highest BCUT2D eigenvalue weighted by Gasteiger charge is 2.53. The summed E-state index contributed by atoms with van der Waals surface area (Å²) in [6, 6.07) is 3.33. The highest BCUT2D eigenvalue weighted by Crippen LogP contribution is 2.40. The van der Waals surface area contributed by atoms with Crippen LogP contribution < -0.4 is 31.8 Å². The number of thioether (sulfide) groups is 1. The second kappa shape index (κ2) is 11.4. The second-order valence-electron chi connectivity index (χ2n) is 8.59. The molecule has 5 heterocycles. The Kier molecular flexibility index (Phi) is 7.72. The number of rotatable bonds is 10. The molecular weight excluding hydrogens is 580 g/mol. The number of ether oxygens (including phenoxy) is 1. The van der Waals surface area contributed by atoms with E-state index in [0.29, 0.717) is 17.0 Å². The fourth-order valence-corrected chi connectivity index (χ4v) is 6.12. The number of β-lactam (4-membered cyclic amide) rings is 1. The van der Waals surface area contributed by atoms with Crippen LogP contribution in [0.25, 0.3) is 5.65 Å². The van der Waals surface area contributed by atoms with Gasteiger partial charge >= 0.3 is 6.03 Å². The summed E-state index contributed by atoms with van der Waals surface area (Å²) in [6.45, 7) is -0.142. The average molecular weight is 603 g/mol. The molecular formula is C22H22N10O7S2. The molecule has 2 aliphatic heterocycles. The van der Waals surface area contributed by atoms with Crippen molar-refractivity contribution < 1.29 is 38.4 Å². The van der Waals surface area contributed by atoms with Gasteiger partial charge < -0.3 is 36.3 Å². The summed E-state index contributed by atoms with van der Waals surface area (Å²) < 4.78 is 12.1. The number of carbonyl (C=O) groups excluding carboxylic acids is 4. The summed E-state index contributed by atoms with van der Waals surface area (Å²) in [5.74, 6) is -2.45. The number of oxime groups is 1. The van der Waals surface area contributed by atoms with Gasteiger partial charge in [0.05, 0.1) is 11.7 Å². The van der Waals surface area contributed by atoms with Crippen LogP contribution in [-0.4, -0.2) is 79.3 Å². The average Bonchev–Trinajstić information content (AvgIpc) is 3.55. The Morgan fingerprint density at radius 3 is 2.83 bits per heavy atom. The summed E-state index contributed by atoms with van der Waals surface area (Å²) in [4.78, 5) is 59.7. The van der Waals surface area contributed by atoms with Crippen molar-refractivity contribution in [1.82, 2.24) is 24.0 Å². The normalized spacial score (nSPS) is 18.6. The molecule has 3 aromatic heterocycles. The minimum atomic E-state index is -1.53. The molecule has 19 heteroatoms. The van der Waals surface area contributed by atoms with Crippen LogP contribution in [0.2, 0.25) is 0 Å².